The first-order valence-corrected chi connectivity index (χ1v) is 10.8. The lowest BCUT2D eigenvalue weighted by Gasteiger charge is -2.24. The van der Waals surface area contributed by atoms with E-state index in [0.717, 1.165) is 30.5 Å². The van der Waals surface area contributed by atoms with Crippen molar-refractivity contribution in [2.24, 2.45) is 5.92 Å². The van der Waals surface area contributed by atoms with Crippen LogP contribution in [0.15, 0.2) is 52.1 Å². The Balaban J connectivity index is 1.86. The van der Waals surface area contributed by atoms with Gasteiger partial charge >= 0.3 is 11.7 Å². The predicted octanol–water partition coefficient (Wildman–Crippen LogP) is 2.98. The molecule has 0 saturated carbocycles. The van der Waals surface area contributed by atoms with Crippen molar-refractivity contribution in [1.82, 2.24) is 19.4 Å². The molecule has 0 amide bonds. The molecule has 0 bridgehead atoms. The van der Waals surface area contributed by atoms with E-state index in [2.05, 4.69) is 10.3 Å². The lowest BCUT2D eigenvalue weighted by Crippen LogP contribution is -2.35. The highest BCUT2D eigenvalue weighted by atomic mass is 35.5. The second kappa shape index (κ2) is 7.96. The zero-order valence-corrected chi connectivity index (χ0v) is 17.9. The van der Waals surface area contributed by atoms with E-state index in [4.69, 9.17) is 11.6 Å². The predicted molar refractivity (Wildman–Crippen MR) is 123 cm³/mol. The van der Waals surface area contributed by atoms with E-state index < -0.39 is 17.2 Å². The Labute approximate surface area is 187 Å². The molecule has 2 aromatic carbocycles. The van der Waals surface area contributed by atoms with E-state index in [1.807, 2.05) is 0 Å². The number of carboxylic acid groups (broad SMARTS) is 1. The van der Waals surface area contributed by atoms with Crippen LogP contribution in [0.2, 0.25) is 5.02 Å². The van der Waals surface area contributed by atoms with Gasteiger partial charge in [0.2, 0.25) is 0 Å². The Morgan fingerprint density at radius 2 is 1.97 bits per heavy atom. The zero-order valence-electron chi connectivity index (χ0n) is 17.1. The molecule has 0 aliphatic carbocycles. The van der Waals surface area contributed by atoms with Gasteiger partial charge in [-0.25, -0.2) is 14.2 Å². The summed E-state index contributed by atoms with van der Waals surface area (Å²) in [6.45, 7) is 2.17. The molecule has 3 N–H and O–H groups in total. The van der Waals surface area contributed by atoms with E-state index in [0.29, 0.717) is 33.4 Å². The molecule has 1 atom stereocenters. The summed E-state index contributed by atoms with van der Waals surface area (Å²) in [5.41, 5.74) is -0.330. The van der Waals surface area contributed by atoms with Crippen LogP contribution in [-0.2, 0) is 6.54 Å². The molecule has 9 heteroatoms. The van der Waals surface area contributed by atoms with E-state index in [-0.39, 0.29) is 17.3 Å². The van der Waals surface area contributed by atoms with Gasteiger partial charge in [-0.05, 0) is 62.2 Å². The van der Waals surface area contributed by atoms with Crippen molar-refractivity contribution in [2.45, 2.75) is 19.4 Å². The number of aromatic nitrogens is 3. The van der Waals surface area contributed by atoms with Crippen molar-refractivity contribution in [3.63, 3.8) is 0 Å². The summed E-state index contributed by atoms with van der Waals surface area (Å²) in [5, 5.41) is 14.7. The molecule has 0 spiro atoms. The van der Waals surface area contributed by atoms with Gasteiger partial charge in [0.05, 0.1) is 22.1 Å². The number of hydrogen-bond acceptors (Lipinski definition) is 4. The Bertz CT molecular complexity index is 1480. The molecule has 1 unspecified atom stereocenters. The maximum absolute atomic E-state index is 13.4. The van der Waals surface area contributed by atoms with Gasteiger partial charge in [0.15, 0.2) is 5.69 Å². The van der Waals surface area contributed by atoms with Crippen molar-refractivity contribution in [3.8, 4) is 5.69 Å². The number of benzene rings is 2. The maximum Gasteiger partial charge on any atom is 0.354 e. The fraction of sp³-hybridized carbons (Fsp3) is 0.261. The van der Waals surface area contributed by atoms with Crippen LogP contribution >= 0.6 is 11.6 Å². The number of hydrogen-bond donors (Lipinski definition) is 3. The van der Waals surface area contributed by atoms with Crippen molar-refractivity contribution in [3.05, 3.63) is 74.0 Å². The van der Waals surface area contributed by atoms with Crippen LogP contribution < -0.4 is 16.6 Å². The lowest BCUT2D eigenvalue weighted by atomic mass is 9.99. The Kier molecular flexibility index (Phi) is 5.11. The highest BCUT2D eigenvalue weighted by Crippen LogP contribution is 2.32. The lowest BCUT2D eigenvalue weighted by molar-refractivity contribution is 0.0684. The minimum atomic E-state index is -1.21. The summed E-state index contributed by atoms with van der Waals surface area (Å²) in [5.74, 6) is -0.983. The monoisotopic (exact) mass is 452 g/mol. The molecule has 3 heterocycles. The topological polar surface area (TPSA) is 109 Å². The standard InChI is InChI=1S/C23H21ClN4O4/c24-14-7-8-18-16(10-14)19(20(22(30)31)27(18)12-13-4-3-9-25-11-13)28-21(29)15-5-1-2-6-17(15)26-23(28)32/h1-2,5-8,10,13,25H,3-4,9,11-12H2,(H,26,32)(H,30,31). The third-order valence-electron chi connectivity index (χ3n) is 6.07. The van der Waals surface area contributed by atoms with Gasteiger partial charge in [0, 0.05) is 17.0 Å². The molecule has 5 rings (SSSR count). The fourth-order valence-electron chi connectivity index (χ4n) is 4.65. The first-order chi connectivity index (χ1) is 15.5. The number of carboxylic acids is 1. The summed E-state index contributed by atoms with van der Waals surface area (Å²) < 4.78 is 2.61. The Morgan fingerprint density at radius 1 is 1.16 bits per heavy atom. The molecule has 1 fully saturated rings. The third-order valence-corrected chi connectivity index (χ3v) is 6.30. The third kappa shape index (κ3) is 3.32. The number of fused-ring (bicyclic) bond motifs is 2. The number of nitrogens with one attached hydrogen (secondary N) is 2. The Hall–Kier alpha value is -3.36. The van der Waals surface area contributed by atoms with Crippen LogP contribution in [0, 0.1) is 5.92 Å². The summed E-state index contributed by atoms with van der Waals surface area (Å²) in [7, 11) is 0. The molecule has 1 aliphatic rings. The van der Waals surface area contributed by atoms with Gasteiger partial charge in [0.25, 0.3) is 5.56 Å². The number of nitrogens with zero attached hydrogens (tertiary/aromatic N) is 2. The van der Waals surface area contributed by atoms with Crippen LogP contribution in [0.4, 0.5) is 0 Å². The fourth-order valence-corrected chi connectivity index (χ4v) is 4.82. The van der Waals surface area contributed by atoms with Gasteiger partial charge in [-0.15, -0.1) is 0 Å². The molecule has 1 saturated heterocycles. The van der Waals surface area contributed by atoms with Gasteiger partial charge in [-0.2, -0.15) is 0 Å². The zero-order chi connectivity index (χ0) is 22.4. The average molecular weight is 453 g/mol. The van der Waals surface area contributed by atoms with E-state index in [9.17, 15) is 19.5 Å². The second-order valence-corrected chi connectivity index (χ2v) is 8.54. The van der Waals surface area contributed by atoms with Crippen molar-refractivity contribution >= 4 is 39.4 Å². The number of para-hydroxylation sites is 1. The molecule has 164 valence electrons. The normalized spacial score (nSPS) is 16.6. The quantitative estimate of drug-likeness (QED) is 0.441. The number of H-pyrrole nitrogens is 1. The Morgan fingerprint density at radius 3 is 2.72 bits per heavy atom. The minimum absolute atomic E-state index is 0.0378. The molecular weight excluding hydrogens is 432 g/mol. The largest absolute Gasteiger partial charge is 0.477 e. The van der Waals surface area contributed by atoms with Crippen LogP contribution in [0.1, 0.15) is 23.3 Å². The number of halogens is 1. The van der Waals surface area contributed by atoms with E-state index in [1.54, 1.807) is 47.0 Å². The number of aromatic amines is 1. The van der Waals surface area contributed by atoms with Crippen molar-refractivity contribution in [1.29, 1.82) is 0 Å². The van der Waals surface area contributed by atoms with Crippen LogP contribution in [-0.4, -0.2) is 38.3 Å². The number of carbonyl (C=O) groups is 1. The van der Waals surface area contributed by atoms with E-state index in [1.165, 1.54) is 0 Å². The summed E-state index contributed by atoms with van der Waals surface area (Å²) in [4.78, 5) is 41.6. The van der Waals surface area contributed by atoms with Crippen molar-refractivity contribution in [2.75, 3.05) is 13.1 Å². The summed E-state index contributed by atoms with van der Waals surface area (Å²) in [6.07, 6.45) is 1.97. The highest BCUT2D eigenvalue weighted by molar-refractivity contribution is 6.31. The number of rotatable bonds is 4. The summed E-state index contributed by atoms with van der Waals surface area (Å²) in [6, 6.07) is 11.7. The average Bonchev–Trinajstić information content (AvgIpc) is 3.08. The van der Waals surface area contributed by atoms with Gasteiger partial charge in [0.1, 0.15) is 0 Å². The molecule has 32 heavy (non-hydrogen) atoms. The minimum Gasteiger partial charge on any atom is -0.477 e. The first-order valence-electron chi connectivity index (χ1n) is 10.5. The second-order valence-electron chi connectivity index (χ2n) is 8.10. The first kappa shape index (κ1) is 20.5. The number of aromatic carboxylic acids is 1. The van der Waals surface area contributed by atoms with Crippen LogP contribution in [0.25, 0.3) is 27.5 Å². The molecule has 4 aromatic rings. The van der Waals surface area contributed by atoms with Gasteiger partial charge < -0.3 is 20.0 Å². The molecule has 2 aromatic heterocycles. The van der Waals surface area contributed by atoms with Crippen LogP contribution in [0.3, 0.4) is 0 Å². The van der Waals surface area contributed by atoms with Crippen LogP contribution in [0.5, 0.6) is 0 Å². The number of piperidine rings is 1. The smallest absolute Gasteiger partial charge is 0.354 e. The highest BCUT2D eigenvalue weighted by Gasteiger charge is 2.28. The molecular formula is C23H21ClN4O4. The summed E-state index contributed by atoms with van der Waals surface area (Å²) >= 11 is 6.25. The van der Waals surface area contributed by atoms with E-state index >= 15 is 0 Å². The SMILES string of the molecule is O=C(O)c1c(-n2c(=O)[nH]c3ccccc3c2=O)c2cc(Cl)ccc2n1CC1CCCNC1. The molecule has 0 radical (unpaired) electrons. The van der Waals surface area contributed by atoms with Crippen molar-refractivity contribution < 1.29 is 9.90 Å². The maximum atomic E-state index is 13.4. The van der Waals surface area contributed by atoms with Gasteiger partial charge in [-0.3, -0.25) is 4.79 Å². The molecule has 1 aliphatic heterocycles. The van der Waals surface area contributed by atoms with Gasteiger partial charge in [-0.1, -0.05) is 23.7 Å². The molecule has 8 nitrogen and oxygen atoms in total.